The van der Waals surface area contributed by atoms with Gasteiger partial charge >= 0.3 is 12.5 Å². The van der Waals surface area contributed by atoms with Gasteiger partial charge in [0.25, 0.3) is 0 Å². The van der Waals surface area contributed by atoms with E-state index >= 15 is 22.0 Å². The van der Waals surface area contributed by atoms with Crippen LogP contribution in [0.2, 0.25) is 0 Å². The molecule has 0 unspecified atom stereocenters. The van der Waals surface area contributed by atoms with Crippen LogP contribution < -0.4 is 9.47 Å². The van der Waals surface area contributed by atoms with Crippen molar-refractivity contribution in [1.29, 1.82) is 0 Å². The number of ether oxygens (including phenoxy) is 2. The summed E-state index contributed by atoms with van der Waals surface area (Å²) in [5.41, 5.74) is -1.21. The largest absolute Gasteiger partial charge is 0.573 e. The van der Waals surface area contributed by atoms with Gasteiger partial charge in [0.2, 0.25) is 0 Å². The average Bonchev–Trinajstić information content (AvgIpc) is 3.00. The smallest absolute Gasteiger partial charge is 0.429 e. The summed E-state index contributed by atoms with van der Waals surface area (Å²) in [5.74, 6) is -5.64. The Hall–Kier alpha value is -4.15. The Morgan fingerprint density at radius 2 is 1.17 bits per heavy atom. The molecule has 0 radical (unpaired) electrons. The fourth-order valence-electron chi connectivity index (χ4n) is 6.32. The zero-order chi connectivity index (χ0) is 34.6. The van der Waals surface area contributed by atoms with E-state index in [9.17, 15) is 17.6 Å². The van der Waals surface area contributed by atoms with Crippen LogP contribution in [0, 0.1) is 29.2 Å². The van der Waals surface area contributed by atoms with Crippen molar-refractivity contribution >= 4 is 0 Å². The second-order valence-corrected chi connectivity index (χ2v) is 12.1. The van der Waals surface area contributed by atoms with E-state index in [0.717, 1.165) is 81.0 Å². The van der Waals surface area contributed by atoms with Gasteiger partial charge in [-0.25, -0.2) is 17.6 Å². The van der Waals surface area contributed by atoms with E-state index in [2.05, 4.69) is 16.4 Å². The van der Waals surface area contributed by atoms with Crippen molar-refractivity contribution < 1.29 is 49.0 Å². The first-order valence-corrected chi connectivity index (χ1v) is 15.8. The number of alkyl halides is 5. The molecule has 48 heavy (non-hydrogen) atoms. The lowest BCUT2D eigenvalue weighted by Crippen LogP contribution is -2.26. The molecule has 5 rings (SSSR count). The molecule has 1 aliphatic carbocycles. The normalized spacial score (nSPS) is 17.0. The first-order valence-electron chi connectivity index (χ1n) is 15.8. The molecule has 2 nitrogen and oxygen atoms in total. The highest BCUT2D eigenvalue weighted by atomic mass is 19.4. The van der Waals surface area contributed by atoms with Crippen LogP contribution in [-0.2, 0) is 6.11 Å². The zero-order valence-electron chi connectivity index (χ0n) is 26.0. The minimum atomic E-state index is -4.89. The Bertz CT molecular complexity index is 1690. The maximum Gasteiger partial charge on any atom is 0.573 e. The molecular formula is C37H33F9O2. The first-order chi connectivity index (χ1) is 22.7. The van der Waals surface area contributed by atoms with Crippen LogP contribution in [0.4, 0.5) is 39.5 Å². The number of hydrogen-bond acceptors (Lipinski definition) is 2. The summed E-state index contributed by atoms with van der Waals surface area (Å²) in [6, 6.07) is 12.5. The molecule has 0 heterocycles. The van der Waals surface area contributed by atoms with Crippen molar-refractivity contribution in [2.24, 2.45) is 5.92 Å². The van der Waals surface area contributed by atoms with E-state index in [1.165, 1.54) is 24.3 Å². The number of unbranched alkanes of at least 4 members (excludes halogenated alkanes) is 2. The predicted molar refractivity (Wildman–Crippen MR) is 164 cm³/mol. The minimum Gasteiger partial charge on any atom is -0.429 e. The van der Waals surface area contributed by atoms with Crippen molar-refractivity contribution in [1.82, 2.24) is 0 Å². The van der Waals surface area contributed by atoms with Gasteiger partial charge in [0, 0.05) is 17.2 Å². The monoisotopic (exact) mass is 680 g/mol. The SMILES string of the molecule is CCCCCC1CCC(c2cc(F)c(C(F)(F)Oc3ccc(-c4ccc(-c5ccc(OC(F)(F)F)cc5)c(F)c4)c(F)c3)c(F)c2)CC1. The molecule has 256 valence electrons. The number of rotatable bonds is 11. The van der Waals surface area contributed by atoms with E-state index in [1.807, 2.05) is 0 Å². The fourth-order valence-corrected chi connectivity index (χ4v) is 6.32. The van der Waals surface area contributed by atoms with Crippen molar-refractivity contribution in [3.8, 4) is 33.8 Å². The van der Waals surface area contributed by atoms with E-state index < -0.39 is 52.8 Å². The lowest BCUT2D eigenvalue weighted by atomic mass is 9.77. The van der Waals surface area contributed by atoms with Gasteiger partial charge in [-0.1, -0.05) is 56.9 Å². The quantitative estimate of drug-likeness (QED) is 0.116. The maximum absolute atomic E-state index is 15.1. The highest BCUT2D eigenvalue weighted by Crippen LogP contribution is 2.42. The van der Waals surface area contributed by atoms with Gasteiger partial charge in [0.1, 0.15) is 40.3 Å². The van der Waals surface area contributed by atoms with Gasteiger partial charge in [-0.15, -0.1) is 13.2 Å². The van der Waals surface area contributed by atoms with Crippen LogP contribution in [-0.4, -0.2) is 6.36 Å². The molecule has 0 aromatic heterocycles. The van der Waals surface area contributed by atoms with Crippen LogP contribution in [0.3, 0.4) is 0 Å². The number of benzene rings is 4. The molecular weight excluding hydrogens is 647 g/mol. The van der Waals surface area contributed by atoms with Crippen LogP contribution in [0.1, 0.15) is 75.3 Å². The summed E-state index contributed by atoms with van der Waals surface area (Å²) in [5, 5.41) is 0. The topological polar surface area (TPSA) is 18.5 Å². The molecule has 4 aromatic rings. The van der Waals surface area contributed by atoms with Crippen molar-refractivity contribution in [2.45, 2.75) is 76.7 Å². The summed E-state index contributed by atoms with van der Waals surface area (Å²) in [6.07, 6.45) is -1.57. The van der Waals surface area contributed by atoms with Crippen molar-refractivity contribution in [3.05, 3.63) is 107 Å². The van der Waals surface area contributed by atoms with Gasteiger partial charge in [0.05, 0.1) is 0 Å². The molecule has 4 aromatic carbocycles. The summed E-state index contributed by atoms with van der Waals surface area (Å²) in [4.78, 5) is 0. The van der Waals surface area contributed by atoms with Gasteiger partial charge in [-0.3, -0.25) is 0 Å². The number of hydrogen-bond donors (Lipinski definition) is 0. The third-order valence-electron chi connectivity index (χ3n) is 8.76. The molecule has 0 bridgehead atoms. The Kier molecular flexibility index (Phi) is 10.7. The lowest BCUT2D eigenvalue weighted by molar-refractivity contribution is -0.274. The third-order valence-corrected chi connectivity index (χ3v) is 8.76. The lowest BCUT2D eigenvalue weighted by Gasteiger charge is -2.29. The van der Waals surface area contributed by atoms with E-state index in [0.29, 0.717) is 30.4 Å². The van der Waals surface area contributed by atoms with Crippen molar-refractivity contribution in [2.75, 3.05) is 0 Å². The fraction of sp³-hybridized carbons (Fsp3) is 0.351. The molecule has 1 aliphatic rings. The molecule has 0 spiro atoms. The second-order valence-electron chi connectivity index (χ2n) is 12.1. The second kappa shape index (κ2) is 14.5. The van der Waals surface area contributed by atoms with Crippen LogP contribution in [0.25, 0.3) is 22.3 Å². The Morgan fingerprint density at radius 1 is 0.604 bits per heavy atom. The minimum absolute atomic E-state index is 0.00229. The van der Waals surface area contributed by atoms with Crippen LogP contribution in [0.5, 0.6) is 11.5 Å². The predicted octanol–water partition coefficient (Wildman–Crippen LogP) is 12.5. The third kappa shape index (κ3) is 8.46. The highest BCUT2D eigenvalue weighted by molar-refractivity contribution is 5.72. The molecule has 11 heteroatoms. The van der Waals surface area contributed by atoms with Crippen LogP contribution >= 0.6 is 0 Å². The van der Waals surface area contributed by atoms with Gasteiger partial charge in [-0.2, -0.15) is 8.78 Å². The molecule has 1 saturated carbocycles. The summed E-state index contributed by atoms with van der Waals surface area (Å²) >= 11 is 0. The standard InChI is InChI=1S/C37H33F9O2/c1-2-3-4-5-22-6-8-23(9-7-22)26-19-33(40)35(34(41)20-26)36(42,43)47-28-15-17-30(32(39)21-28)25-12-16-29(31(38)18-25)24-10-13-27(14-11-24)48-37(44,45)46/h10-23H,2-9H2,1H3. The summed E-state index contributed by atoms with van der Waals surface area (Å²) < 4.78 is 136. The number of halogens is 9. The highest BCUT2D eigenvalue weighted by Gasteiger charge is 2.42. The average molecular weight is 681 g/mol. The molecule has 0 aliphatic heterocycles. The Morgan fingerprint density at radius 3 is 1.75 bits per heavy atom. The first kappa shape index (κ1) is 35.2. The zero-order valence-corrected chi connectivity index (χ0v) is 26.0. The Labute approximate surface area is 272 Å². The van der Waals surface area contributed by atoms with E-state index in [1.54, 1.807) is 0 Å². The van der Waals surface area contributed by atoms with E-state index in [4.69, 9.17) is 0 Å². The van der Waals surface area contributed by atoms with E-state index in [-0.39, 0.29) is 28.2 Å². The van der Waals surface area contributed by atoms with Gasteiger partial charge in [-0.05, 0) is 96.7 Å². The van der Waals surface area contributed by atoms with Crippen LogP contribution in [0.15, 0.2) is 72.8 Å². The molecule has 0 amide bonds. The summed E-state index contributed by atoms with van der Waals surface area (Å²) in [7, 11) is 0. The molecule has 0 saturated heterocycles. The molecule has 1 fully saturated rings. The molecule has 0 N–H and O–H groups in total. The maximum atomic E-state index is 15.1. The van der Waals surface area contributed by atoms with Gasteiger partial charge < -0.3 is 9.47 Å². The summed E-state index contributed by atoms with van der Waals surface area (Å²) in [6.45, 7) is 2.13. The van der Waals surface area contributed by atoms with Crippen molar-refractivity contribution in [3.63, 3.8) is 0 Å². The Balaban J connectivity index is 1.27. The molecule has 0 atom stereocenters. The van der Waals surface area contributed by atoms with Gasteiger partial charge in [0.15, 0.2) is 0 Å².